The van der Waals surface area contributed by atoms with Gasteiger partial charge in [0.05, 0.1) is 17.8 Å². The van der Waals surface area contributed by atoms with Crippen molar-refractivity contribution in [2.75, 3.05) is 6.54 Å². The molecule has 7 heteroatoms. The molecule has 1 fully saturated rings. The Bertz CT molecular complexity index is 555. The number of hydrogen-bond donors (Lipinski definition) is 3. The average Bonchev–Trinajstić information content (AvgIpc) is 3.03. The number of amides is 3. The minimum absolute atomic E-state index is 0.0120. The maximum absolute atomic E-state index is 12.1. The van der Waals surface area contributed by atoms with Crippen LogP contribution in [0.1, 0.15) is 70.7 Å². The van der Waals surface area contributed by atoms with Crippen molar-refractivity contribution in [2.45, 2.75) is 71.0 Å². The monoisotopic (exact) mass is 335 g/mol. The molecular weight excluding hydrogens is 306 g/mol. The maximum atomic E-state index is 12.1. The van der Waals surface area contributed by atoms with E-state index in [0.717, 1.165) is 25.0 Å². The number of aromatic nitrogens is 2. The van der Waals surface area contributed by atoms with Crippen molar-refractivity contribution in [1.29, 1.82) is 0 Å². The van der Waals surface area contributed by atoms with Gasteiger partial charge in [0.1, 0.15) is 0 Å². The van der Waals surface area contributed by atoms with E-state index in [1.165, 1.54) is 0 Å². The zero-order chi connectivity index (χ0) is 17.5. The summed E-state index contributed by atoms with van der Waals surface area (Å²) in [5, 5.41) is 13.2. The molecule has 3 N–H and O–H groups in total. The van der Waals surface area contributed by atoms with E-state index in [4.69, 9.17) is 0 Å². The molecule has 2 rings (SSSR count). The smallest absolute Gasteiger partial charge is 0.315 e. The van der Waals surface area contributed by atoms with Gasteiger partial charge in [0, 0.05) is 25.2 Å². The Morgan fingerprint density at radius 1 is 1.46 bits per heavy atom. The first kappa shape index (κ1) is 18.3. The van der Waals surface area contributed by atoms with E-state index in [1.54, 1.807) is 6.20 Å². The van der Waals surface area contributed by atoms with Crippen LogP contribution in [0.4, 0.5) is 4.79 Å². The van der Waals surface area contributed by atoms with E-state index in [2.05, 4.69) is 28.0 Å². The number of piperidine rings is 1. The van der Waals surface area contributed by atoms with Crippen molar-refractivity contribution < 1.29 is 9.59 Å². The summed E-state index contributed by atoms with van der Waals surface area (Å²) in [5.41, 5.74) is 0.925. The van der Waals surface area contributed by atoms with Crippen LogP contribution in [-0.2, 0) is 4.79 Å². The van der Waals surface area contributed by atoms with Crippen LogP contribution in [0.5, 0.6) is 0 Å². The second-order valence-electron chi connectivity index (χ2n) is 6.59. The molecule has 7 nitrogen and oxygen atoms in total. The van der Waals surface area contributed by atoms with E-state index in [0.29, 0.717) is 19.4 Å². The van der Waals surface area contributed by atoms with Crippen LogP contribution >= 0.6 is 0 Å². The van der Waals surface area contributed by atoms with Crippen molar-refractivity contribution in [2.24, 2.45) is 0 Å². The molecule has 0 saturated carbocycles. The Morgan fingerprint density at radius 3 is 2.96 bits per heavy atom. The van der Waals surface area contributed by atoms with Crippen LogP contribution in [0.15, 0.2) is 12.3 Å². The van der Waals surface area contributed by atoms with Crippen LogP contribution in [0.3, 0.4) is 0 Å². The predicted octanol–water partition coefficient (Wildman–Crippen LogP) is 2.27. The Labute approximate surface area is 143 Å². The number of carbonyl (C=O) groups is 2. The van der Waals surface area contributed by atoms with Gasteiger partial charge in [-0.2, -0.15) is 5.10 Å². The standard InChI is InChI=1S/C17H29N5O2/c1-4-5-6-10-18-17(24)20-13-7-8-15(23)21-16(13)14-9-11-19-22(14)12(2)3/h9,11-13,16H,4-8,10H2,1-3H3,(H,21,23)(H2,18,20,24). The summed E-state index contributed by atoms with van der Waals surface area (Å²) in [5.74, 6) is 0.0120. The van der Waals surface area contributed by atoms with Crippen molar-refractivity contribution in [1.82, 2.24) is 25.7 Å². The van der Waals surface area contributed by atoms with Gasteiger partial charge in [0.2, 0.25) is 5.91 Å². The lowest BCUT2D eigenvalue weighted by atomic mass is 9.95. The highest BCUT2D eigenvalue weighted by atomic mass is 16.2. The Balaban J connectivity index is 2.02. The van der Waals surface area contributed by atoms with E-state index < -0.39 is 0 Å². The highest BCUT2D eigenvalue weighted by Crippen LogP contribution is 2.25. The van der Waals surface area contributed by atoms with Crippen LogP contribution in [0.25, 0.3) is 0 Å². The molecule has 2 atom stereocenters. The summed E-state index contributed by atoms with van der Waals surface area (Å²) in [6, 6.07) is 1.54. The summed E-state index contributed by atoms with van der Waals surface area (Å²) < 4.78 is 1.89. The molecule has 1 saturated heterocycles. The number of unbranched alkanes of at least 4 members (excludes halogenated alkanes) is 2. The molecule has 1 aliphatic heterocycles. The zero-order valence-electron chi connectivity index (χ0n) is 14.8. The first-order valence-corrected chi connectivity index (χ1v) is 8.90. The molecule has 24 heavy (non-hydrogen) atoms. The van der Waals surface area contributed by atoms with Gasteiger partial charge in [0.25, 0.3) is 0 Å². The molecule has 1 aromatic rings. The van der Waals surface area contributed by atoms with Crippen LogP contribution in [0.2, 0.25) is 0 Å². The van der Waals surface area contributed by atoms with Crippen molar-refractivity contribution >= 4 is 11.9 Å². The molecule has 134 valence electrons. The van der Waals surface area contributed by atoms with Gasteiger partial charge in [-0.1, -0.05) is 19.8 Å². The van der Waals surface area contributed by atoms with Crippen molar-refractivity contribution in [3.05, 3.63) is 18.0 Å². The minimum atomic E-state index is -0.252. The fourth-order valence-electron chi connectivity index (χ4n) is 3.03. The van der Waals surface area contributed by atoms with E-state index >= 15 is 0 Å². The predicted molar refractivity (Wildman–Crippen MR) is 92.6 cm³/mol. The van der Waals surface area contributed by atoms with E-state index in [9.17, 15) is 9.59 Å². The highest BCUT2D eigenvalue weighted by Gasteiger charge is 2.33. The Morgan fingerprint density at radius 2 is 2.25 bits per heavy atom. The number of urea groups is 1. The van der Waals surface area contributed by atoms with Gasteiger partial charge in [-0.25, -0.2) is 4.79 Å². The average molecular weight is 335 g/mol. The van der Waals surface area contributed by atoms with Gasteiger partial charge in [0.15, 0.2) is 0 Å². The number of rotatable bonds is 7. The lowest BCUT2D eigenvalue weighted by molar-refractivity contribution is -0.123. The summed E-state index contributed by atoms with van der Waals surface area (Å²) >= 11 is 0. The van der Waals surface area contributed by atoms with Gasteiger partial charge < -0.3 is 16.0 Å². The number of carbonyl (C=O) groups excluding carboxylic acids is 2. The number of nitrogens with one attached hydrogen (secondary N) is 3. The topological polar surface area (TPSA) is 88.1 Å². The Kier molecular flexibility index (Phi) is 6.63. The molecule has 2 unspecified atom stereocenters. The summed E-state index contributed by atoms with van der Waals surface area (Å²) in [7, 11) is 0. The normalized spacial score (nSPS) is 20.8. The second-order valence-corrected chi connectivity index (χ2v) is 6.59. The third kappa shape index (κ3) is 4.72. The Hall–Kier alpha value is -2.05. The quantitative estimate of drug-likeness (QED) is 0.668. The van der Waals surface area contributed by atoms with Crippen molar-refractivity contribution in [3.63, 3.8) is 0 Å². The molecule has 0 radical (unpaired) electrons. The number of hydrogen-bond acceptors (Lipinski definition) is 3. The van der Waals surface area contributed by atoms with E-state index in [1.807, 2.05) is 24.6 Å². The molecule has 0 bridgehead atoms. The largest absolute Gasteiger partial charge is 0.346 e. The van der Waals surface area contributed by atoms with Gasteiger partial charge in [-0.05, 0) is 32.8 Å². The van der Waals surface area contributed by atoms with Crippen LogP contribution in [0, 0.1) is 0 Å². The van der Waals surface area contributed by atoms with Crippen LogP contribution < -0.4 is 16.0 Å². The van der Waals surface area contributed by atoms with E-state index in [-0.39, 0.29) is 30.1 Å². The second kappa shape index (κ2) is 8.70. The molecule has 2 heterocycles. The van der Waals surface area contributed by atoms with Crippen LogP contribution in [-0.4, -0.2) is 34.3 Å². The SMILES string of the molecule is CCCCCNC(=O)NC1CCC(=O)NC1c1ccnn1C(C)C. The molecule has 1 aliphatic rings. The summed E-state index contributed by atoms with van der Waals surface area (Å²) in [4.78, 5) is 24.0. The molecule has 1 aromatic heterocycles. The summed E-state index contributed by atoms with van der Waals surface area (Å²) in [6.45, 7) is 6.90. The fourth-order valence-corrected chi connectivity index (χ4v) is 3.03. The third-order valence-corrected chi connectivity index (χ3v) is 4.29. The van der Waals surface area contributed by atoms with Crippen molar-refractivity contribution in [3.8, 4) is 0 Å². The van der Waals surface area contributed by atoms with Gasteiger partial charge >= 0.3 is 6.03 Å². The summed E-state index contributed by atoms with van der Waals surface area (Å²) in [6.07, 6.45) is 6.00. The lowest BCUT2D eigenvalue weighted by Gasteiger charge is -2.33. The zero-order valence-corrected chi connectivity index (χ0v) is 14.8. The maximum Gasteiger partial charge on any atom is 0.315 e. The lowest BCUT2D eigenvalue weighted by Crippen LogP contribution is -2.53. The number of nitrogens with zero attached hydrogens (tertiary/aromatic N) is 2. The molecule has 0 aromatic carbocycles. The molecule has 3 amide bonds. The first-order valence-electron chi connectivity index (χ1n) is 8.90. The molecular formula is C17H29N5O2. The fraction of sp³-hybridized carbons (Fsp3) is 0.706. The third-order valence-electron chi connectivity index (χ3n) is 4.29. The van der Waals surface area contributed by atoms with Gasteiger partial charge in [-0.3, -0.25) is 9.48 Å². The van der Waals surface area contributed by atoms with Gasteiger partial charge in [-0.15, -0.1) is 0 Å². The molecule has 0 aliphatic carbocycles. The molecule has 0 spiro atoms. The minimum Gasteiger partial charge on any atom is -0.346 e. The highest BCUT2D eigenvalue weighted by molar-refractivity contribution is 5.79. The first-order chi connectivity index (χ1) is 11.5.